The lowest BCUT2D eigenvalue weighted by Crippen LogP contribution is -2.61. The molecule has 0 amide bonds. The fraction of sp³-hybridized carbons (Fsp3) is 0.714. The first-order chi connectivity index (χ1) is 36.6. The van der Waals surface area contributed by atoms with Gasteiger partial charge in [-0.3, -0.25) is 14.4 Å². The zero-order chi connectivity index (χ0) is 54.7. The monoisotopic (exact) mass is 1050 g/mol. The summed E-state index contributed by atoms with van der Waals surface area (Å²) in [7, 11) is 0. The van der Waals surface area contributed by atoms with E-state index in [1.165, 1.54) is 19.3 Å². The topological polar surface area (TPSA) is 175 Å². The summed E-state index contributed by atoms with van der Waals surface area (Å²) in [4.78, 5) is 51.1. The lowest BCUT2D eigenvalue weighted by atomic mass is 9.98. The highest BCUT2D eigenvalue weighted by Crippen LogP contribution is 2.26. The van der Waals surface area contributed by atoms with E-state index in [2.05, 4.69) is 106 Å². The van der Waals surface area contributed by atoms with Crippen molar-refractivity contribution in [2.75, 3.05) is 13.2 Å². The SMILES string of the molecule is CC/C=C\C/C=C\C/C=C\CCCCCCCCCC(=O)OCC(COC1OC(C(=O)O)C(O)C(O)C1OC(=O)CCCCCCC/C=C\CCCC)OC(=O)CCCCCCCCC/C=C\C/C=C\C/C=C\CC. The Bertz CT molecular complexity index is 1630. The van der Waals surface area contributed by atoms with Gasteiger partial charge >= 0.3 is 23.9 Å². The third kappa shape index (κ3) is 40.8. The second-order valence-corrected chi connectivity index (χ2v) is 19.9. The van der Waals surface area contributed by atoms with Crippen LogP contribution < -0.4 is 0 Å². The Morgan fingerprint density at radius 2 is 0.840 bits per heavy atom. The van der Waals surface area contributed by atoms with Crippen LogP contribution in [0.4, 0.5) is 0 Å². The van der Waals surface area contributed by atoms with Crippen molar-refractivity contribution in [1.82, 2.24) is 0 Å². The second-order valence-electron chi connectivity index (χ2n) is 19.9. The minimum Gasteiger partial charge on any atom is -0.479 e. The van der Waals surface area contributed by atoms with E-state index in [4.69, 9.17) is 23.7 Å². The lowest BCUT2D eigenvalue weighted by molar-refractivity contribution is -0.301. The number of allylic oxidation sites excluding steroid dienone is 14. The molecular formula is C63H104O12. The summed E-state index contributed by atoms with van der Waals surface area (Å²) < 4.78 is 28.4. The zero-order valence-corrected chi connectivity index (χ0v) is 47.0. The molecule has 1 fully saturated rings. The van der Waals surface area contributed by atoms with Gasteiger partial charge in [0.25, 0.3) is 0 Å². The molecule has 0 saturated carbocycles. The van der Waals surface area contributed by atoms with Gasteiger partial charge in [0.1, 0.15) is 18.8 Å². The van der Waals surface area contributed by atoms with Crippen LogP contribution in [0.25, 0.3) is 0 Å². The predicted octanol–water partition coefficient (Wildman–Crippen LogP) is 15.1. The zero-order valence-electron chi connectivity index (χ0n) is 47.0. The van der Waals surface area contributed by atoms with Crippen molar-refractivity contribution in [2.24, 2.45) is 0 Å². The molecule has 1 heterocycles. The number of carbonyl (C=O) groups excluding carboxylic acids is 3. The van der Waals surface area contributed by atoms with E-state index in [0.717, 1.165) is 161 Å². The van der Waals surface area contributed by atoms with Crippen molar-refractivity contribution >= 4 is 23.9 Å². The summed E-state index contributed by atoms with van der Waals surface area (Å²) >= 11 is 0. The number of ether oxygens (including phenoxy) is 5. The highest BCUT2D eigenvalue weighted by atomic mass is 16.7. The molecule has 428 valence electrons. The maximum absolute atomic E-state index is 13.2. The Morgan fingerprint density at radius 1 is 0.453 bits per heavy atom. The molecule has 0 spiro atoms. The van der Waals surface area contributed by atoms with Gasteiger partial charge in [0.15, 0.2) is 24.6 Å². The van der Waals surface area contributed by atoms with Crippen LogP contribution in [0.1, 0.15) is 239 Å². The van der Waals surface area contributed by atoms with Crippen molar-refractivity contribution in [1.29, 1.82) is 0 Å². The lowest BCUT2D eigenvalue weighted by Gasteiger charge is -2.40. The Morgan fingerprint density at radius 3 is 1.29 bits per heavy atom. The summed E-state index contributed by atoms with van der Waals surface area (Å²) in [5, 5.41) is 31.4. The minimum absolute atomic E-state index is 0.0451. The van der Waals surface area contributed by atoms with Crippen LogP contribution in [0.5, 0.6) is 0 Å². The molecule has 75 heavy (non-hydrogen) atoms. The van der Waals surface area contributed by atoms with Crippen molar-refractivity contribution in [2.45, 2.75) is 276 Å². The van der Waals surface area contributed by atoms with Crippen LogP contribution in [0.3, 0.4) is 0 Å². The summed E-state index contributed by atoms with van der Waals surface area (Å²) in [5.41, 5.74) is 0. The molecule has 6 unspecified atom stereocenters. The van der Waals surface area contributed by atoms with Crippen LogP contribution >= 0.6 is 0 Å². The maximum atomic E-state index is 13.2. The van der Waals surface area contributed by atoms with Gasteiger partial charge in [-0.1, -0.05) is 202 Å². The summed E-state index contributed by atoms with van der Waals surface area (Å²) in [6.07, 6.45) is 52.7. The second kappa shape index (κ2) is 50.7. The number of unbranched alkanes of at least 4 members (excludes halogenated alkanes) is 21. The molecule has 0 bridgehead atoms. The van der Waals surface area contributed by atoms with Gasteiger partial charge in [0.2, 0.25) is 0 Å². The average Bonchev–Trinajstić information content (AvgIpc) is 3.39. The minimum atomic E-state index is -1.91. The molecule has 0 aromatic carbocycles. The van der Waals surface area contributed by atoms with Gasteiger partial charge in [0, 0.05) is 19.3 Å². The van der Waals surface area contributed by atoms with Gasteiger partial charge < -0.3 is 39.0 Å². The van der Waals surface area contributed by atoms with E-state index in [0.29, 0.717) is 19.3 Å². The number of hydrogen-bond donors (Lipinski definition) is 3. The number of carboxylic acid groups (broad SMARTS) is 1. The van der Waals surface area contributed by atoms with Crippen LogP contribution in [0, 0.1) is 0 Å². The molecule has 1 rings (SSSR count). The Labute approximate surface area is 454 Å². The molecule has 0 aromatic rings. The van der Waals surface area contributed by atoms with E-state index in [9.17, 15) is 34.5 Å². The number of aliphatic hydroxyl groups is 2. The quantitative estimate of drug-likeness (QED) is 0.0228. The summed E-state index contributed by atoms with van der Waals surface area (Å²) in [6.45, 7) is 5.71. The molecule has 12 heteroatoms. The normalized spacial score (nSPS) is 18.8. The van der Waals surface area contributed by atoms with Crippen LogP contribution in [0.2, 0.25) is 0 Å². The number of aliphatic carboxylic acids is 1. The van der Waals surface area contributed by atoms with Gasteiger partial charge in [-0.15, -0.1) is 0 Å². The van der Waals surface area contributed by atoms with Gasteiger partial charge in [0.05, 0.1) is 6.61 Å². The third-order valence-corrected chi connectivity index (χ3v) is 12.9. The molecule has 1 aliphatic heterocycles. The molecule has 6 atom stereocenters. The first-order valence-corrected chi connectivity index (χ1v) is 29.6. The number of aliphatic hydroxyl groups excluding tert-OH is 2. The molecule has 12 nitrogen and oxygen atoms in total. The standard InChI is InChI=1S/C63H104O12/c1-4-7-10-13-16-19-22-24-26-28-30-32-35-37-40-43-46-49-55(64)71-52-54(73-56(65)50-47-44-41-39-36-33-31-29-27-25-23-20-17-14-11-8-5-2)53-72-63-61(59(68)58(67)60(75-63)62(69)70)74-57(66)51-48-45-42-38-34-21-18-15-12-9-6-3/h7-8,10-11,15-20,24-27,54,58-61,63,67-68H,4-6,9,12-14,21-23,28-53H2,1-3H3,(H,69,70)/b10-7-,11-8-,18-15-,19-16-,20-17-,26-24-,27-25-. The number of carbonyl (C=O) groups is 4. The largest absolute Gasteiger partial charge is 0.479 e. The van der Waals surface area contributed by atoms with E-state index in [-0.39, 0.29) is 25.9 Å². The smallest absolute Gasteiger partial charge is 0.335 e. The number of esters is 3. The van der Waals surface area contributed by atoms with Crippen molar-refractivity contribution in [3.05, 3.63) is 85.1 Å². The van der Waals surface area contributed by atoms with Crippen molar-refractivity contribution < 1.29 is 58.2 Å². The molecule has 1 aliphatic rings. The number of rotatable bonds is 49. The molecule has 0 radical (unpaired) electrons. The first kappa shape index (κ1) is 68.9. The maximum Gasteiger partial charge on any atom is 0.335 e. The average molecular weight is 1050 g/mol. The van der Waals surface area contributed by atoms with Crippen molar-refractivity contribution in [3.63, 3.8) is 0 Å². The molecule has 1 saturated heterocycles. The predicted molar refractivity (Wildman–Crippen MR) is 303 cm³/mol. The first-order valence-electron chi connectivity index (χ1n) is 29.6. The Hall–Kier alpha value is -4.10. The molecule has 0 aliphatic carbocycles. The van der Waals surface area contributed by atoms with E-state index in [1.54, 1.807) is 0 Å². The Balaban J connectivity index is 2.70. The van der Waals surface area contributed by atoms with Gasteiger partial charge in [-0.25, -0.2) is 4.79 Å². The fourth-order valence-electron chi connectivity index (χ4n) is 8.44. The van der Waals surface area contributed by atoms with Crippen molar-refractivity contribution in [3.8, 4) is 0 Å². The number of carboxylic acids is 1. The third-order valence-electron chi connectivity index (χ3n) is 12.9. The van der Waals surface area contributed by atoms with Crippen LogP contribution in [-0.4, -0.2) is 89.2 Å². The summed E-state index contributed by atoms with van der Waals surface area (Å²) in [6, 6.07) is 0. The molecule has 0 aromatic heterocycles. The highest BCUT2D eigenvalue weighted by Gasteiger charge is 2.50. The van der Waals surface area contributed by atoms with E-state index in [1.807, 2.05) is 0 Å². The van der Waals surface area contributed by atoms with Gasteiger partial charge in [-0.2, -0.15) is 0 Å². The summed E-state index contributed by atoms with van der Waals surface area (Å²) in [5.74, 6) is -3.16. The van der Waals surface area contributed by atoms with E-state index >= 15 is 0 Å². The molecular weight excluding hydrogens is 949 g/mol. The van der Waals surface area contributed by atoms with E-state index < -0.39 is 67.3 Å². The fourth-order valence-corrected chi connectivity index (χ4v) is 8.44. The van der Waals surface area contributed by atoms with Gasteiger partial charge in [-0.05, 0) is 103 Å². The van der Waals surface area contributed by atoms with Crippen LogP contribution in [0.15, 0.2) is 85.1 Å². The highest BCUT2D eigenvalue weighted by molar-refractivity contribution is 5.74. The van der Waals surface area contributed by atoms with Crippen LogP contribution in [-0.2, 0) is 42.9 Å². The molecule has 3 N–H and O–H groups in total. The Kier molecular flexibility index (Phi) is 46.6. The number of hydrogen-bond acceptors (Lipinski definition) is 11.